The predicted molar refractivity (Wildman–Crippen MR) is 80.0 cm³/mol. The Morgan fingerprint density at radius 1 is 1.38 bits per heavy atom. The van der Waals surface area contributed by atoms with Gasteiger partial charge in [-0.15, -0.1) is 0 Å². The molecule has 6 nitrogen and oxygen atoms in total. The Morgan fingerprint density at radius 3 is 2.54 bits per heavy atom. The third kappa shape index (κ3) is 4.27. The fourth-order valence-corrected chi connectivity index (χ4v) is 2.53. The number of nitrogens with zero attached hydrogens (tertiary/aromatic N) is 3. The number of aromatic nitrogens is 2. The van der Waals surface area contributed by atoms with Crippen LogP contribution in [0.5, 0.6) is 0 Å². The molecular formula is C14H17ClF3N3O3. The molecule has 0 N–H and O–H groups in total. The molecule has 24 heavy (non-hydrogen) atoms. The molecule has 0 aliphatic carbocycles. The number of ether oxygens (including phenoxy) is 2. The molecule has 0 bridgehead atoms. The predicted octanol–water partition coefficient (Wildman–Crippen LogP) is 3.68. The first kappa shape index (κ1) is 18.7. The lowest BCUT2D eigenvalue weighted by Crippen LogP contribution is -2.45. The molecule has 10 heteroatoms. The van der Waals surface area contributed by atoms with Gasteiger partial charge in [-0.3, -0.25) is 4.90 Å². The first-order valence-corrected chi connectivity index (χ1v) is 7.52. The number of hydrogen-bond acceptors (Lipinski definition) is 5. The van der Waals surface area contributed by atoms with E-state index >= 15 is 0 Å². The van der Waals surface area contributed by atoms with Crippen LogP contribution in [0.3, 0.4) is 0 Å². The Kier molecular flexibility index (Phi) is 4.96. The second-order valence-electron chi connectivity index (χ2n) is 6.33. The topological polar surface area (TPSA) is 64.6 Å². The molecule has 1 aromatic rings. The number of alkyl halides is 3. The van der Waals surface area contributed by atoms with Crippen molar-refractivity contribution in [1.29, 1.82) is 0 Å². The maximum Gasteiger partial charge on any atom is 0.433 e. The first-order valence-electron chi connectivity index (χ1n) is 7.14. The van der Waals surface area contributed by atoms with Crippen molar-refractivity contribution in [2.24, 2.45) is 0 Å². The second-order valence-corrected chi connectivity index (χ2v) is 6.67. The van der Waals surface area contributed by atoms with Crippen molar-refractivity contribution in [3.8, 4) is 0 Å². The van der Waals surface area contributed by atoms with Gasteiger partial charge in [0.05, 0.1) is 11.7 Å². The third-order valence-electron chi connectivity index (χ3n) is 3.21. The molecule has 1 amide bonds. The molecule has 1 unspecified atom stereocenters. The summed E-state index contributed by atoms with van der Waals surface area (Å²) in [5.74, 6) is -0.279. The van der Waals surface area contributed by atoms with Gasteiger partial charge in [-0.05, 0) is 39.3 Å². The van der Waals surface area contributed by atoms with Gasteiger partial charge in [0, 0.05) is 6.07 Å². The highest BCUT2D eigenvalue weighted by Gasteiger charge is 2.42. The third-order valence-corrected chi connectivity index (χ3v) is 3.38. The second kappa shape index (κ2) is 6.36. The molecule has 2 heterocycles. The van der Waals surface area contributed by atoms with Crippen molar-refractivity contribution in [3.63, 3.8) is 0 Å². The summed E-state index contributed by atoms with van der Waals surface area (Å²) in [6.45, 7) is 7.16. The maximum absolute atomic E-state index is 12.9. The minimum atomic E-state index is -4.71. The summed E-state index contributed by atoms with van der Waals surface area (Å²) in [5, 5.41) is -0.609. The highest BCUT2D eigenvalue weighted by Crippen LogP contribution is 2.33. The number of carbonyl (C=O) groups is 1. The van der Waals surface area contributed by atoms with Gasteiger partial charge >= 0.3 is 12.3 Å². The van der Waals surface area contributed by atoms with Crippen LogP contribution in [0.25, 0.3) is 0 Å². The molecule has 1 saturated heterocycles. The van der Waals surface area contributed by atoms with E-state index in [4.69, 9.17) is 21.1 Å². The number of carbonyl (C=O) groups excluding carboxylic acids is 1. The van der Waals surface area contributed by atoms with Crippen LogP contribution in [0.4, 0.5) is 23.8 Å². The van der Waals surface area contributed by atoms with Crippen molar-refractivity contribution in [3.05, 3.63) is 17.0 Å². The monoisotopic (exact) mass is 367 g/mol. The van der Waals surface area contributed by atoms with E-state index in [1.165, 1.54) is 0 Å². The Labute approximate surface area is 141 Å². The van der Waals surface area contributed by atoms with Gasteiger partial charge < -0.3 is 9.47 Å². The normalized spacial score (nSPS) is 20.2. The zero-order valence-corrected chi connectivity index (χ0v) is 14.3. The van der Waals surface area contributed by atoms with Crippen LogP contribution >= 0.6 is 11.6 Å². The summed E-state index contributed by atoms with van der Waals surface area (Å²) in [5.41, 5.74) is -1.74. The lowest BCUT2D eigenvalue weighted by atomic mass is 10.1. The van der Waals surface area contributed by atoms with Gasteiger partial charge in [0.25, 0.3) is 0 Å². The molecular weight excluding hydrogens is 351 g/mol. The molecule has 0 aromatic carbocycles. The van der Waals surface area contributed by atoms with Crippen molar-refractivity contribution in [1.82, 2.24) is 9.97 Å². The Bertz CT molecular complexity index is 634. The van der Waals surface area contributed by atoms with Gasteiger partial charge in [-0.2, -0.15) is 13.2 Å². The van der Waals surface area contributed by atoms with E-state index in [2.05, 4.69) is 9.97 Å². The summed E-state index contributed by atoms with van der Waals surface area (Å²) in [4.78, 5) is 19.9. The van der Waals surface area contributed by atoms with Crippen LogP contribution < -0.4 is 4.90 Å². The fraction of sp³-hybridized carbons (Fsp3) is 0.643. The molecule has 2 rings (SSSR count). The zero-order chi connectivity index (χ0) is 18.3. The number of anilines is 1. The van der Waals surface area contributed by atoms with Crippen LogP contribution in [0.1, 0.15) is 33.4 Å². The molecule has 1 aliphatic rings. The number of cyclic esters (lactones) is 1. The van der Waals surface area contributed by atoms with Gasteiger partial charge in [0.2, 0.25) is 5.28 Å². The average Bonchev–Trinajstić information content (AvgIpc) is 2.77. The van der Waals surface area contributed by atoms with E-state index < -0.39 is 41.0 Å². The van der Waals surface area contributed by atoms with Gasteiger partial charge in [0.1, 0.15) is 18.5 Å². The number of hydrogen-bond donors (Lipinski definition) is 0. The van der Waals surface area contributed by atoms with Crippen molar-refractivity contribution < 1.29 is 27.4 Å². The summed E-state index contributed by atoms with van der Waals surface area (Å²) < 4.78 is 49.4. The Hall–Kier alpha value is -1.61. The zero-order valence-electron chi connectivity index (χ0n) is 13.5. The lowest BCUT2D eigenvalue weighted by Gasteiger charge is -2.31. The van der Waals surface area contributed by atoms with E-state index in [1.807, 2.05) is 20.8 Å². The highest BCUT2D eigenvalue weighted by molar-refractivity contribution is 6.28. The van der Waals surface area contributed by atoms with Crippen LogP contribution in [0.15, 0.2) is 6.07 Å². The van der Waals surface area contributed by atoms with Crippen molar-refractivity contribution >= 4 is 23.5 Å². The van der Waals surface area contributed by atoms with Gasteiger partial charge in [-0.1, -0.05) is 0 Å². The van der Waals surface area contributed by atoms with E-state index in [0.29, 0.717) is 6.07 Å². The maximum atomic E-state index is 12.9. The van der Waals surface area contributed by atoms with E-state index in [1.54, 1.807) is 6.92 Å². The van der Waals surface area contributed by atoms with Crippen molar-refractivity contribution in [2.45, 2.75) is 51.6 Å². The molecule has 1 fully saturated rings. The lowest BCUT2D eigenvalue weighted by molar-refractivity contribution is -0.141. The summed E-state index contributed by atoms with van der Waals surface area (Å²) in [7, 11) is 0. The Balaban J connectivity index is 2.37. The number of amides is 1. The smallest absolute Gasteiger partial charge is 0.433 e. The van der Waals surface area contributed by atoms with Crippen LogP contribution in [0, 0.1) is 0 Å². The first-order chi connectivity index (χ1) is 10.9. The quantitative estimate of drug-likeness (QED) is 0.762. The number of rotatable bonds is 3. The molecule has 0 spiro atoms. The average molecular weight is 368 g/mol. The molecule has 134 valence electrons. The van der Waals surface area contributed by atoms with E-state index in [9.17, 15) is 18.0 Å². The van der Waals surface area contributed by atoms with Crippen LogP contribution in [-0.4, -0.2) is 40.4 Å². The van der Waals surface area contributed by atoms with E-state index in [0.717, 1.165) is 4.90 Å². The molecule has 0 radical (unpaired) electrons. The molecule has 0 saturated carbocycles. The van der Waals surface area contributed by atoms with Gasteiger partial charge in [-0.25, -0.2) is 14.8 Å². The molecule has 1 aromatic heterocycles. The Morgan fingerprint density at radius 2 is 2.00 bits per heavy atom. The summed E-state index contributed by atoms with van der Waals surface area (Å²) >= 11 is 5.58. The fourth-order valence-electron chi connectivity index (χ4n) is 2.36. The SMILES string of the molecule is C[C@@H](OC(C)(C)C)C1COC(=O)N1c1cc(C(F)(F)F)nc(Cl)n1. The largest absolute Gasteiger partial charge is 0.447 e. The van der Waals surface area contributed by atoms with Crippen LogP contribution in [-0.2, 0) is 15.7 Å². The molecule has 2 atom stereocenters. The summed E-state index contributed by atoms with van der Waals surface area (Å²) in [6.07, 6.45) is -6.03. The van der Waals surface area contributed by atoms with Gasteiger partial charge in [0.15, 0.2) is 5.69 Å². The van der Waals surface area contributed by atoms with Crippen LogP contribution in [0.2, 0.25) is 5.28 Å². The molecule has 1 aliphatic heterocycles. The minimum Gasteiger partial charge on any atom is -0.447 e. The number of halogens is 4. The summed E-state index contributed by atoms with van der Waals surface area (Å²) in [6, 6.07) is 0.0266. The van der Waals surface area contributed by atoms with E-state index in [-0.39, 0.29) is 12.4 Å². The van der Waals surface area contributed by atoms with Crippen molar-refractivity contribution in [2.75, 3.05) is 11.5 Å². The highest BCUT2D eigenvalue weighted by atomic mass is 35.5. The minimum absolute atomic E-state index is 0.0287. The standard InChI is InChI=1S/C14H17ClF3N3O3/c1-7(24-13(2,3)4)8-6-23-12(22)21(8)10-5-9(14(16,17)18)19-11(15)20-10/h5,7-8H,6H2,1-4H3/t7-,8?/m1/s1.